The van der Waals surface area contributed by atoms with E-state index in [1.54, 1.807) is 0 Å². The number of piperazine rings is 1. The topological polar surface area (TPSA) is 15.3 Å². The molecule has 2 rings (SSSR count). The maximum absolute atomic E-state index is 5.37. The second kappa shape index (κ2) is 8.81. The van der Waals surface area contributed by atoms with Crippen molar-refractivity contribution in [3.63, 3.8) is 0 Å². The van der Waals surface area contributed by atoms with Gasteiger partial charge >= 0.3 is 0 Å². The highest BCUT2D eigenvalue weighted by Gasteiger charge is 2.33. The summed E-state index contributed by atoms with van der Waals surface area (Å²) >= 11 is 0. The largest absolute Gasteiger partial charge is 0.311 e. The summed E-state index contributed by atoms with van der Waals surface area (Å²) in [6.45, 7) is 8.39. The van der Waals surface area contributed by atoms with Gasteiger partial charge in [0.2, 0.25) is 0 Å². The second-order valence-corrected chi connectivity index (χ2v) is 7.38. The van der Waals surface area contributed by atoms with Crippen LogP contribution in [0.15, 0.2) is 0 Å². The fraction of sp³-hybridized carbons (Fsp3) is 0.895. The number of hydrogen-bond acceptors (Lipinski definition) is 2. The number of rotatable bonds is 6. The molecule has 21 heavy (non-hydrogen) atoms. The highest BCUT2D eigenvalue weighted by molar-refractivity contribution is 4.92. The van der Waals surface area contributed by atoms with E-state index in [4.69, 9.17) is 6.42 Å². The number of hydrogen-bond donors (Lipinski definition) is 1. The lowest BCUT2D eigenvalue weighted by Crippen LogP contribution is -2.60. The number of nitrogens with one attached hydrogen (secondary N) is 1. The number of nitrogens with zero attached hydrogens (tertiary/aromatic N) is 1. The van der Waals surface area contributed by atoms with Crippen LogP contribution in [-0.4, -0.2) is 36.6 Å². The average molecular weight is 290 g/mol. The fourth-order valence-electron chi connectivity index (χ4n) is 4.16. The molecule has 0 bridgehead atoms. The first kappa shape index (κ1) is 16.8. The molecule has 2 atom stereocenters. The third-order valence-corrected chi connectivity index (χ3v) is 5.49. The Balaban J connectivity index is 1.86. The van der Waals surface area contributed by atoms with Crippen molar-refractivity contribution in [3.05, 3.63) is 0 Å². The molecule has 2 heteroatoms. The molecule has 0 aromatic rings. The van der Waals surface area contributed by atoms with E-state index in [1.165, 1.54) is 64.6 Å². The summed E-state index contributed by atoms with van der Waals surface area (Å²) in [5, 5.41) is 3.88. The first-order chi connectivity index (χ1) is 10.2. The third kappa shape index (κ3) is 5.01. The van der Waals surface area contributed by atoms with Crippen molar-refractivity contribution < 1.29 is 0 Å². The van der Waals surface area contributed by atoms with E-state index in [1.807, 2.05) is 0 Å². The molecule has 1 aliphatic heterocycles. The van der Waals surface area contributed by atoms with Crippen LogP contribution in [0.3, 0.4) is 0 Å². The smallest absolute Gasteiger partial charge is 0.0244 e. The Labute approximate surface area is 132 Å². The molecule has 1 saturated carbocycles. The summed E-state index contributed by atoms with van der Waals surface area (Å²) in [7, 11) is 0. The number of terminal acetylenes is 1. The Bertz CT molecular complexity index is 325. The summed E-state index contributed by atoms with van der Waals surface area (Å²) in [6.07, 6.45) is 16.0. The lowest BCUT2D eigenvalue weighted by molar-refractivity contribution is 0.0709. The van der Waals surface area contributed by atoms with Gasteiger partial charge in [-0.05, 0) is 44.1 Å². The minimum absolute atomic E-state index is 0.704. The van der Waals surface area contributed by atoms with Gasteiger partial charge < -0.3 is 5.32 Å². The van der Waals surface area contributed by atoms with Crippen molar-refractivity contribution in [3.8, 4) is 12.3 Å². The maximum Gasteiger partial charge on any atom is 0.0244 e. The Morgan fingerprint density at radius 1 is 1.19 bits per heavy atom. The van der Waals surface area contributed by atoms with Gasteiger partial charge in [0.05, 0.1) is 0 Å². The van der Waals surface area contributed by atoms with Gasteiger partial charge in [-0.15, -0.1) is 12.3 Å². The van der Waals surface area contributed by atoms with Gasteiger partial charge in [0.1, 0.15) is 0 Å². The molecule has 2 aliphatic rings. The van der Waals surface area contributed by atoms with Crippen molar-refractivity contribution in [2.45, 2.75) is 77.3 Å². The van der Waals surface area contributed by atoms with Gasteiger partial charge in [-0.25, -0.2) is 0 Å². The Kier molecular flexibility index (Phi) is 7.07. The molecule has 1 heterocycles. The van der Waals surface area contributed by atoms with Gasteiger partial charge in [0.15, 0.2) is 0 Å². The predicted octanol–water partition coefficient (Wildman–Crippen LogP) is 3.67. The van der Waals surface area contributed by atoms with E-state index in [0.29, 0.717) is 6.04 Å². The van der Waals surface area contributed by atoms with Crippen molar-refractivity contribution in [1.29, 1.82) is 0 Å². The van der Waals surface area contributed by atoms with E-state index in [2.05, 4.69) is 30.0 Å². The summed E-state index contributed by atoms with van der Waals surface area (Å²) < 4.78 is 0. The van der Waals surface area contributed by atoms with Crippen LogP contribution in [0.4, 0.5) is 0 Å². The van der Waals surface area contributed by atoms with E-state index in [-0.39, 0.29) is 0 Å². The zero-order valence-corrected chi connectivity index (χ0v) is 14.1. The van der Waals surface area contributed by atoms with Gasteiger partial charge in [0, 0.05) is 31.6 Å². The first-order valence-electron chi connectivity index (χ1n) is 9.13. The van der Waals surface area contributed by atoms with Gasteiger partial charge in [-0.3, -0.25) is 4.90 Å². The third-order valence-electron chi connectivity index (χ3n) is 5.49. The lowest BCUT2D eigenvalue weighted by atomic mass is 9.82. The van der Waals surface area contributed by atoms with Crippen LogP contribution in [0.5, 0.6) is 0 Å². The SMILES string of the molecule is C#CCCCCN1CC(C2CCCCC2)NCC1C(C)C. The van der Waals surface area contributed by atoms with E-state index in [0.717, 1.165) is 24.3 Å². The van der Waals surface area contributed by atoms with Crippen LogP contribution in [0.1, 0.15) is 65.2 Å². The van der Waals surface area contributed by atoms with E-state index in [9.17, 15) is 0 Å². The van der Waals surface area contributed by atoms with Gasteiger partial charge in [-0.2, -0.15) is 0 Å². The molecular formula is C19H34N2. The highest BCUT2D eigenvalue weighted by atomic mass is 15.2. The predicted molar refractivity (Wildman–Crippen MR) is 91.2 cm³/mol. The van der Waals surface area contributed by atoms with E-state index < -0.39 is 0 Å². The molecule has 0 spiro atoms. The fourth-order valence-corrected chi connectivity index (χ4v) is 4.16. The minimum atomic E-state index is 0.704. The monoisotopic (exact) mass is 290 g/mol. The van der Waals surface area contributed by atoms with Crippen LogP contribution in [-0.2, 0) is 0 Å². The maximum atomic E-state index is 5.37. The normalized spacial score (nSPS) is 28.7. The van der Waals surface area contributed by atoms with Crippen molar-refractivity contribution in [1.82, 2.24) is 10.2 Å². The minimum Gasteiger partial charge on any atom is -0.311 e. The molecule has 2 unspecified atom stereocenters. The average Bonchev–Trinajstić information content (AvgIpc) is 2.52. The second-order valence-electron chi connectivity index (χ2n) is 7.38. The first-order valence-corrected chi connectivity index (χ1v) is 9.13. The van der Waals surface area contributed by atoms with Crippen LogP contribution >= 0.6 is 0 Å². The summed E-state index contributed by atoms with van der Waals surface area (Å²) in [5.74, 6) is 4.42. The molecule has 120 valence electrons. The molecule has 0 aromatic heterocycles. The molecule has 0 amide bonds. The van der Waals surface area contributed by atoms with Crippen molar-refractivity contribution in [2.24, 2.45) is 11.8 Å². The molecular weight excluding hydrogens is 256 g/mol. The molecule has 0 radical (unpaired) electrons. The standard InChI is InChI=1S/C19H34N2/c1-4-5-6-10-13-21-15-18(17-11-8-7-9-12-17)20-14-19(21)16(2)3/h1,16-20H,5-15H2,2-3H3. The lowest BCUT2D eigenvalue weighted by Gasteiger charge is -2.45. The summed E-state index contributed by atoms with van der Waals surface area (Å²) in [6, 6.07) is 1.43. The van der Waals surface area contributed by atoms with Crippen molar-refractivity contribution in [2.75, 3.05) is 19.6 Å². The van der Waals surface area contributed by atoms with Gasteiger partial charge in [-0.1, -0.05) is 33.1 Å². The molecule has 1 N–H and O–H groups in total. The molecule has 1 aliphatic carbocycles. The van der Waals surface area contributed by atoms with E-state index >= 15 is 0 Å². The highest BCUT2D eigenvalue weighted by Crippen LogP contribution is 2.29. The molecule has 2 nitrogen and oxygen atoms in total. The molecule has 2 fully saturated rings. The van der Waals surface area contributed by atoms with Gasteiger partial charge in [0.25, 0.3) is 0 Å². The summed E-state index contributed by atoms with van der Waals surface area (Å²) in [4.78, 5) is 2.76. The van der Waals surface area contributed by atoms with Crippen LogP contribution in [0.25, 0.3) is 0 Å². The van der Waals surface area contributed by atoms with Crippen molar-refractivity contribution >= 4 is 0 Å². The Hall–Kier alpha value is -0.520. The molecule has 0 aromatic carbocycles. The quantitative estimate of drug-likeness (QED) is 0.593. The Morgan fingerprint density at radius 2 is 1.95 bits per heavy atom. The Morgan fingerprint density at radius 3 is 2.62 bits per heavy atom. The van der Waals surface area contributed by atoms with Crippen LogP contribution in [0.2, 0.25) is 0 Å². The summed E-state index contributed by atoms with van der Waals surface area (Å²) in [5.41, 5.74) is 0. The van der Waals surface area contributed by atoms with Crippen LogP contribution in [0, 0.1) is 24.2 Å². The number of unbranched alkanes of at least 4 members (excludes halogenated alkanes) is 2. The molecule has 1 saturated heterocycles. The zero-order chi connectivity index (χ0) is 15.1. The zero-order valence-electron chi connectivity index (χ0n) is 14.1. The van der Waals surface area contributed by atoms with Crippen LogP contribution < -0.4 is 5.32 Å².